The molecule has 28 heavy (non-hydrogen) atoms. The van der Waals surface area contributed by atoms with Crippen LogP contribution in [0.4, 0.5) is 5.13 Å². The standard InChI is InChI=1S/C21H22ClN3O2S/c1-13-4-5-14(2)15(12-13)20(26)24-8-10-25(11-9-24)21-23-18-17(28-21)7-6-16(22)19(18)27-3/h4-7,12H,8-11H2,1-3H3. The predicted molar refractivity (Wildman–Crippen MR) is 115 cm³/mol. The first-order chi connectivity index (χ1) is 13.5. The predicted octanol–water partition coefficient (Wildman–Crippen LogP) is 4.54. The smallest absolute Gasteiger partial charge is 0.254 e. The molecule has 0 unspecified atom stereocenters. The van der Waals surface area contributed by atoms with E-state index in [2.05, 4.69) is 4.90 Å². The quantitative estimate of drug-likeness (QED) is 0.630. The molecule has 1 fully saturated rings. The third-order valence-corrected chi connectivity index (χ3v) is 6.50. The Labute approximate surface area is 173 Å². The Kier molecular flexibility index (Phi) is 5.17. The summed E-state index contributed by atoms with van der Waals surface area (Å²) in [6, 6.07) is 9.84. The summed E-state index contributed by atoms with van der Waals surface area (Å²) in [5.41, 5.74) is 3.72. The zero-order valence-electron chi connectivity index (χ0n) is 16.2. The number of piperazine rings is 1. The fraction of sp³-hybridized carbons (Fsp3) is 0.333. The van der Waals surface area contributed by atoms with Crippen LogP contribution in [-0.2, 0) is 0 Å². The van der Waals surface area contributed by atoms with Crippen LogP contribution in [0.3, 0.4) is 0 Å². The van der Waals surface area contributed by atoms with E-state index in [4.69, 9.17) is 21.3 Å². The van der Waals surface area contributed by atoms with Crippen molar-refractivity contribution in [1.29, 1.82) is 0 Å². The number of aryl methyl sites for hydroxylation is 2. The van der Waals surface area contributed by atoms with E-state index in [0.29, 0.717) is 23.9 Å². The van der Waals surface area contributed by atoms with Crippen LogP contribution in [-0.4, -0.2) is 49.1 Å². The molecule has 3 aromatic rings. The SMILES string of the molecule is COc1c(Cl)ccc2sc(N3CCN(C(=O)c4cc(C)ccc4C)CC3)nc12. The summed E-state index contributed by atoms with van der Waals surface area (Å²) in [5, 5.41) is 1.50. The molecule has 4 rings (SSSR count). The topological polar surface area (TPSA) is 45.7 Å². The van der Waals surface area contributed by atoms with Crippen LogP contribution in [0, 0.1) is 13.8 Å². The van der Waals surface area contributed by atoms with Gasteiger partial charge in [-0.1, -0.05) is 40.6 Å². The highest BCUT2D eigenvalue weighted by Gasteiger charge is 2.25. The molecular weight excluding hydrogens is 394 g/mol. The summed E-state index contributed by atoms with van der Waals surface area (Å²) >= 11 is 7.84. The van der Waals surface area contributed by atoms with Crippen molar-refractivity contribution in [1.82, 2.24) is 9.88 Å². The van der Waals surface area contributed by atoms with Gasteiger partial charge in [0.2, 0.25) is 0 Å². The number of anilines is 1. The lowest BCUT2D eigenvalue weighted by Gasteiger charge is -2.34. The van der Waals surface area contributed by atoms with Gasteiger partial charge in [0.1, 0.15) is 5.52 Å². The van der Waals surface area contributed by atoms with Crippen molar-refractivity contribution >= 4 is 44.2 Å². The number of hydrogen-bond acceptors (Lipinski definition) is 5. The lowest BCUT2D eigenvalue weighted by molar-refractivity contribution is 0.0746. The molecule has 2 heterocycles. The van der Waals surface area contributed by atoms with Gasteiger partial charge in [-0.05, 0) is 37.6 Å². The van der Waals surface area contributed by atoms with E-state index in [0.717, 1.165) is 45.1 Å². The number of ether oxygens (including phenoxy) is 1. The molecule has 5 nitrogen and oxygen atoms in total. The first-order valence-electron chi connectivity index (χ1n) is 9.22. The molecule has 0 atom stereocenters. The summed E-state index contributed by atoms with van der Waals surface area (Å²) in [7, 11) is 1.61. The number of thiazole rings is 1. The van der Waals surface area contributed by atoms with E-state index in [1.54, 1.807) is 18.4 Å². The largest absolute Gasteiger partial charge is 0.493 e. The van der Waals surface area contributed by atoms with E-state index in [1.165, 1.54) is 0 Å². The van der Waals surface area contributed by atoms with E-state index in [-0.39, 0.29) is 5.91 Å². The Morgan fingerprint density at radius 3 is 2.61 bits per heavy atom. The Morgan fingerprint density at radius 1 is 1.14 bits per heavy atom. The molecule has 0 saturated carbocycles. The van der Waals surface area contributed by atoms with Gasteiger partial charge in [0.05, 0.1) is 16.8 Å². The highest BCUT2D eigenvalue weighted by molar-refractivity contribution is 7.22. The van der Waals surface area contributed by atoms with Crippen molar-refractivity contribution in [3.63, 3.8) is 0 Å². The average Bonchev–Trinajstić information content (AvgIpc) is 3.13. The van der Waals surface area contributed by atoms with Gasteiger partial charge in [-0.3, -0.25) is 4.79 Å². The number of hydrogen-bond donors (Lipinski definition) is 0. The Hall–Kier alpha value is -2.31. The molecule has 0 N–H and O–H groups in total. The minimum atomic E-state index is 0.110. The fourth-order valence-electron chi connectivity index (χ4n) is 3.50. The number of fused-ring (bicyclic) bond motifs is 1. The number of nitrogens with zero attached hydrogens (tertiary/aromatic N) is 3. The highest BCUT2D eigenvalue weighted by Crippen LogP contribution is 2.38. The number of aromatic nitrogens is 1. The molecule has 0 radical (unpaired) electrons. The van der Waals surface area contributed by atoms with E-state index in [1.807, 2.05) is 49.1 Å². The number of halogens is 1. The number of methoxy groups -OCH3 is 1. The van der Waals surface area contributed by atoms with Crippen LogP contribution in [0.2, 0.25) is 5.02 Å². The minimum Gasteiger partial charge on any atom is -0.493 e. The Balaban J connectivity index is 1.50. The second-order valence-electron chi connectivity index (χ2n) is 7.02. The van der Waals surface area contributed by atoms with Gasteiger partial charge >= 0.3 is 0 Å². The molecule has 0 aliphatic carbocycles. The van der Waals surface area contributed by atoms with E-state index >= 15 is 0 Å². The molecule has 0 spiro atoms. The third-order valence-electron chi connectivity index (χ3n) is 5.12. The first kappa shape index (κ1) is 19.0. The summed E-state index contributed by atoms with van der Waals surface area (Å²) in [5.74, 6) is 0.726. The molecule has 7 heteroatoms. The molecule has 1 aromatic heterocycles. The van der Waals surface area contributed by atoms with Crippen LogP contribution in [0.25, 0.3) is 10.2 Å². The Morgan fingerprint density at radius 2 is 1.89 bits per heavy atom. The normalized spacial score (nSPS) is 14.6. The maximum Gasteiger partial charge on any atom is 0.254 e. The van der Waals surface area contributed by atoms with Crippen LogP contribution >= 0.6 is 22.9 Å². The Bertz CT molecular complexity index is 1040. The minimum absolute atomic E-state index is 0.110. The summed E-state index contributed by atoms with van der Waals surface area (Å²) in [6.07, 6.45) is 0. The number of amides is 1. The van der Waals surface area contributed by atoms with E-state index in [9.17, 15) is 4.79 Å². The van der Waals surface area contributed by atoms with Gasteiger partial charge in [-0.15, -0.1) is 0 Å². The lowest BCUT2D eigenvalue weighted by Crippen LogP contribution is -2.48. The van der Waals surface area contributed by atoms with Crippen molar-refractivity contribution in [2.45, 2.75) is 13.8 Å². The number of benzene rings is 2. The van der Waals surface area contributed by atoms with Crippen LogP contribution < -0.4 is 9.64 Å². The number of rotatable bonds is 3. The second-order valence-corrected chi connectivity index (χ2v) is 8.44. The van der Waals surface area contributed by atoms with Crippen molar-refractivity contribution in [3.05, 3.63) is 52.0 Å². The number of carbonyl (C=O) groups is 1. The van der Waals surface area contributed by atoms with Crippen molar-refractivity contribution in [2.24, 2.45) is 0 Å². The van der Waals surface area contributed by atoms with Crippen LogP contribution in [0.1, 0.15) is 21.5 Å². The molecule has 146 valence electrons. The van der Waals surface area contributed by atoms with Crippen molar-refractivity contribution in [2.75, 3.05) is 38.2 Å². The average molecular weight is 416 g/mol. The van der Waals surface area contributed by atoms with Gasteiger partial charge in [0.25, 0.3) is 5.91 Å². The molecule has 1 amide bonds. The molecule has 2 aromatic carbocycles. The second kappa shape index (κ2) is 7.60. The summed E-state index contributed by atoms with van der Waals surface area (Å²) in [6.45, 7) is 6.88. The maximum absolute atomic E-state index is 12.9. The summed E-state index contributed by atoms with van der Waals surface area (Å²) in [4.78, 5) is 21.9. The van der Waals surface area contributed by atoms with Gasteiger partial charge in [0, 0.05) is 31.7 Å². The summed E-state index contributed by atoms with van der Waals surface area (Å²) < 4.78 is 6.46. The fourth-order valence-corrected chi connectivity index (χ4v) is 4.75. The van der Waals surface area contributed by atoms with Gasteiger partial charge in [0.15, 0.2) is 10.9 Å². The van der Waals surface area contributed by atoms with Gasteiger partial charge < -0.3 is 14.5 Å². The first-order valence-corrected chi connectivity index (χ1v) is 10.4. The third kappa shape index (κ3) is 3.42. The van der Waals surface area contributed by atoms with Gasteiger partial charge in [-0.25, -0.2) is 4.98 Å². The zero-order chi connectivity index (χ0) is 19.8. The van der Waals surface area contributed by atoms with Gasteiger partial charge in [-0.2, -0.15) is 0 Å². The molecule has 1 aliphatic rings. The van der Waals surface area contributed by atoms with Crippen LogP contribution in [0.15, 0.2) is 30.3 Å². The molecule has 1 saturated heterocycles. The van der Waals surface area contributed by atoms with Crippen LogP contribution in [0.5, 0.6) is 5.75 Å². The van der Waals surface area contributed by atoms with Crippen molar-refractivity contribution < 1.29 is 9.53 Å². The molecule has 0 bridgehead atoms. The lowest BCUT2D eigenvalue weighted by atomic mass is 10.0. The van der Waals surface area contributed by atoms with E-state index < -0.39 is 0 Å². The maximum atomic E-state index is 12.9. The molecule has 1 aliphatic heterocycles. The highest BCUT2D eigenvalue weighted by atomic mass is 35.5. The zero-order valence-corrected chi connectivity index (χ0v) is 17.7. The monoisotopic (exact) mass is 415 g/mol. The van der Waals surface area contributed by atoms with Crippen molar-refractivity contribution in [3.8, 4) is 5.75 Å². The molecular formula is C21H22ClN3O2S. The number of carbonyl (C=O) groups excluding carboxylic acids is 1.